The zero-order valence-corrected chi connectivity index (χ0v) is 13.2. The summed E-state index contributed by atoms with van der Waals surface area (Å²) in [7, 11) is 2.02. The standard InChI is InChI=1S/C15H19BrN2/c1-10-8-11(15(2,3)4)6-7-12(10)13-14(16)17-9-18(13)5/h6-9H,1-5H3. The molecule has 2 rings (SSSR count). The minimum absolute atomic E-state index is 0.187. The zero-order valence-electron chi connectivity index (χ0n) is 11.6. The fraction of sp³-hybridized carbons (Fsp3) is 0.400. The molecular formula is C15H19BrN2. The van der Waals surface area contributed by atoms with Gasteiger partial charge in [0.15, 0.2) is 0 Å². The Morgan fingerprint density at radius 2 is 1.89 bits per heavy atom. The highest BCUT2D eigenvalue weighted by atomic mass is 79.9. The van der Waals surface area contributed by atoms with Crippen molar-refractivity contribution in [3.05, 3.63) is 40.3 Å². The number of nitrogens with zero attached hydrogens (tertiary/aromatic N) is 2. The number of aryl methyl sites for hydroxylation is 2. The van der Waals surface area contributed by atoms with E-state index in [1.165, 1.54) is 16.7 Å². The minimum atomic E-state index is 0.187. The minimum Gasteiger partial charge on any atom is -0.333 e. The molecule has 0 radical (unpaired) electrons. The molecule has 0 aliphatic rings. The monoisotopic (exact) mass is 306 g/mol. The van der Waals surface area contributed by atoms with Crippen LogP contribution in [-0.4, -0.2) is 9.55 Å². The molecule has 0 bridgehead atoms. The maximum atomic E-state index is 4.28. The lowest BCUT2D eigenvalue weighted by Crippen LogP contribution is -2.11. The van der Waals surface area contributed by atoms with Crippen molar-refractivity contribution in [2.75, 3.05) is 0 Å². The summed E-state index contributed by atoms with van der Waals surface area (Å²) < 4.78 is 2.94. The molecule has 0 fully saturated rings. The van der Waals surface area contributed by atoms with Gasteiger partial charge in [-0.3, -0.25) is 0 Å². The first kappa shape index (κ1) is 13.3. The van der Waals surface area contributed by atoms with Gasteiger partial charge in [-0.15, -0.1) is 0 Å². The van der Waals surface area contributed by atoms with E-state index in [-0.39, 0.29) is 5.41 Å². The Balaban J connectivity index is 2.55. The molecule has 0 aliphatic carbocycles. The van der Waals surface area contributed by atoms with E-state index in [2.05, 4.69) is 66.8 Å². The first-order valence-corrected chi connectivity index (χ1v) is 6.88. The summed E-state index contributed by atoms with van der Waals surface area (Å²) in [5.74, 6) is 0. The summed E-state index contributed by atoms with van der Waals surface area (Å²) in [5, 5.41) is 0. The van der Waals surface area contributed by atoms with E-state index in [0.717, 1.165) is 10.3 Å². The van der Waals surface area contributed by atoms with Gasteiger partial charge in [0.1, 0.15) is 4.60 Å². The van der Waals surface area contributed by atoms with Gasteiger partial charge in [-0.05, 0) is 39.4 Å². The van der Waals surface area contributed by atoms with Gasteiger partial charge in [0.05, 0.1) is 12.0 Å². The predicted molar refractivity (Wildman–Crippen MR) is 79.8 cm³/mol. The SMILES string of the molecule is Cc1cc(C(C)(C)C)ccc1-c1c(Br)ncn1C. The van der Waals surface area contributed by atoms with Gasteiger partial charge < -0.3 is 4.57 Å². The molecule has 1 aromatic carbocycles. The van der Waals surface area contributed by atoms with Crippen LogP contribution >= 0.6 is 15.9 Å². The number of benzene rings is 1. The van der Waals surface area contributed by atoms with E-state index in [9.17, 15) is 0 Å². The molecule has 1 heterocycles. The Bertz CT molecular complexity index is 557. The molecule has 0 saturated heterocycles. The molecule has 0 amide bonds. The highest BCUT2D eigenvalue weighted by Crippen LogP contribution is 2.32. The number of rotatable bonds is 1. The van der Waals surface area contributed by atoms with Crippen LogP contribution in [0.1, 0.15) is 31.9 Å². The summed E-state index contributed by atoms with van der Waals surface area (Å²) in [5.41, 5.74) is 5.20. The summed E-state index contributed by atoms with van der Waals surface area (Å²) >= 11 is 3.51. The van der Waals surface area contributed by atoms with Crippen molar-refractivity contribution in [2.24, 2.45) is 7.05 Å². The number of halogens is 1. The molecule has 1 aromatic heterocycles. The Morgan fingerprint density at radius 1 is 1.22 bits per heavy atom. The van der Waals surface area contributed by atoms with E-state index in [1.54, 1.807) is 0 Å². The van der Waals surface area contributed by atoms with Gasteiger partial charge in [-0.25, -0.2) is 4.98 Å². The average Bonchev–Trinajstić information content (AvgIpc) is 2.58. The van der Waals surface area contributed by atoms with E-state index in [4.69, 9.17) is 0 Å². The topological polar surface area (TPSA) is 17.8 Å². The molecule has 0 saturated carbocycles. The lowest BCUT2D eigenvalue weighted by molar-refractivity contribution is 0.590. The first-order valence-electron chi connectivity index (χ1n) is 6.09. The molecule has 0 atom stereocenters. The van der Waals surface area contributed by atoms with Crippen LogP contribution in [0.3, 0.4) is 0 Å². The predicted octanol–water partition coefficient (Wildman–Crippen LogP) is 4.46. The normalized spacial score (nSPS) is 11.9. The van der Waals surface area contributed by atoms with Crippen LogP contribution in [0.25, 0.3) is 11.3 Å². The zero-order chi connectivity index (χ0) is 13.5. The van der Waals surface area contributed by atoms with Gasteiger partial charge >= 0.3 is 0 Å². The molecule has 2 nitrogen and oxygen atoms in total. The third kappa shape index (κ3) is 2.37. The summed E-state index contributed by atoms with van der Waals surface area (Å²) in [6.45, 7) is 8.87. The fourth-order valence-electron chi connectivity index (χ4n) is 2.10. The van der Waals surface area contributed by atoms with Crippen LogP contribution < -0.4 is 0 Å². The van der Waals surface area contributed by atoms with Gasteiger partial charge in [0.25, 0.3) is 0 Å². The Hall–Kier alpha value is -1.09. The maximum Gasteiger partial charge on any atom is 0.132 e. The molecule has 2 aromatic rings. The van der Waals surface area contributed by atoms with Crippen LogP contribution in [0, 0.1) is 6.92 Å². The Morgan fingerprint density at radius 3 is 2.33 bits per heavy atom. The van der Waals surface area contributed by atoms with E-state index >= 15 is 0 Å². The van der Waals surface area contributed by atoms with Crippen molar-refractivity contribution < 1.29 is 0 Å². The van der Waals surface area contributed by atoms with Gasteiger partial charge in [-0.1, -0.05) is 39.0 Å². The molecule has 0 N–H and O–H groups in total. The van der Waals surface area contributed by atoms with Crippen molar-refractivity contribution in [1.29, 1.82) is 0 Å². The second-order valence-electron chi connectivity index (χ2n) is 5.77. The molecule has 0 spiro atoms. The Labute approximate surface area is 117 Å². The summed E-state index contributed by atoms with van der Waals surface area (Å²) in [4.78, 5) is 4.28. The van der Waals surface area contributed by atoms with Gasteiger partial charge in [0, 0.05) is 12.6 Å². The first-order chi connectivity index (χ1) is 8.30. The van der Waals surface area contributed by atoms with Crippen molar-refractivity contribution >= 4 is 15.9 Å². The molecule has 0 aliphatic heterocycles. The van der Waals surface area contributed by atoms with Crippen LogP contribution in [0.2, 0.25) is 0 Å². The smallest absolute Gasteiger partial charge is 0.132 e. The second kappa shape index (κ2) is 4.54. The van der Waals surface area contributed by atoms with Crippen molar-refractivity contribution in [1.82, 2.24) is 9.55 Å². The van der Waals surface area contributed by atoms with Crippen molar-refractivity contribution in [2.45, 2.75) is 33.1 Å². The molecule has 18 heavy (non-hydrogen) atoms. The number of hydrogen-bond donors (Lipinski definition) is 0. The van der Waals surface area contributed by atoms with Crippen LogP contribution in [0.5, 0.6) is 0 Å². The third-order valence-electron chi connectivity index (χ3n) is 3.24. The molecular weight excluding hydrogens is 288 g/mol. The lowest BCUT2D eigenvalue weighted by Gasteiger charge is -2.20. The lowest BCUT2D eigenvalue weighted by atomic mass is 9.85. The highest BCUT2D eigenvalue weighted by Gasteiger charge is 2.17. The molecule has 96 valence electrons. The van der Waals surface area contributed by atoms with Crippen LogP contribution in [0.15, 0.2) is 29.1 Å². The summed E-state index contributed by atoms with van der Waals surface area (Å²) in [6, 6.07) is 6.67. The van der Waals surface area contributed by atoms with E-state index in [0.29, 0.717) is 0 Å². The average molecular weight is 307 g/mol. The van der Waals surface area contributed by atoms with Gasteiger partial charge in [-0.2, -0.15) is 0 Å². The second-order valence-corrected chi connectivity index (χ2v) is 6.53. The van der Waals surface area contributed by atoms with Gasteiger partial charge in [0.2, 0.25) is 0 Å². The van der Waals surface area contributed by atoms with Crippen LogP contribution in [-0.2, 0) is 12.5 Å². The number of hydrogen-bond acceptors (Lipinski definition) is 1. The Kier molecular flexibility index (Phi) is 3.37. The maximum absolute atomic E-state index is 4.28. The van der Waals surface area contributed by atoms with Crippen molar-refractivity contribution in [3.8, 4) is 11.3 Å². The van der Waals surface area contributed by atoms with E-state index < -0.39 is 0 Å². The quantitative estimate of drug-likeness (QED) is 0.761. The fourth-order valence-corrected chi connectivity index (χ4v) is 2.68. The number of imidazole rings is 1. The van der Waals surface area contributed by atoms with E-state index in [1.807, 2.05) is 17.9 Å². The molecule has 3 heteroatoms. The number of aromatic nitrogens is 2. The molecule has 0 unspecified atom stereocenters. The third-order valence-corrected chi connectivity index (χ3v) is 3.82. The largest absolute Gasteiger partial charge is 0.333 e. The van der Waals surface area contributed by atoms with Crippen LogP contribution in [0.4, 0.5) is 0 Å². The summed E-state index contributed by atoms with van der Waals surface area (Å²) in [6.07, 6.45) is 1.83. The van der Waals surface area contributed by atoms with Crippen molar-refractivity contribution in [3.63, 3.8) is 0 Å². The highest BCUT2D eigenvalue weighted by molar-refractivity contribution is 9.10.